The fraction of sp³-hybridized carbons (Fsp3) is 0.545. The molecule has 1 unspecified atom stereocenters. The number of tetrazole rings is 1. The molecule has 5 rings (SSSR count). The van der Waals surface area contributed by atoms with E-state index in [0.717, 1.165) is 67.5 Å². The molecule has 2 fully saturated rings. The second-order valence-corrected chi connectivity index (χ2v) is 8.39. The highest BCUT2D eigenvalue weighted by atomic mass is 16.1. The fourth-order valence-corrected chi connectivity index (χ4v) is 4.98. The van der Waals surface area contributed by atoms with Crippen LogP contribution in [0.25, 0.3) is 10.9 Å². The molecule has 1 saturated heterocycles. The van der Waals surface area contributed by atoms with E-state index in [4.69, 9.17) is 0 Å². The quantitative estimate of drug-likeness (QED) is 0.720. The lowest BCUT2D eigenvalue weighted by molar-refractivity contribution is 0.256. The molecule has 7 heteroatoms. The number of pyridine rings is 1. The summed E-state index contributed by atoms with van der Waals surface area (Å²) in [6.45, 7) is 4.08. The van der Waals surface area contributed by atoms with Gasteiger partial charge in [-0.2, -0.15) is 0 Å². The van der Waals surface area contributed by atoms with Crippen molar-refractivity contribution in [2.75, 3.05) is 13.1 Å². The Morgan fingerprint density at radius 1 is 1.14 bits per heavy atom. The smallest absolute Gasteiger partial charge is 0.253 e. The Morgan fingerprint density at radius 3 is 2.69 bits per heavy atom. The van der Waals surface area contributed by atoms with Crippen molar-refractivity contribution in [2.24, 2.45) is 0 Å². The number of hydrogen-bond acceptors (Lipinski definition) is 5. The SMILES string of the molecule is CCc1ccc2[nH]c(=O)c(C(c3nnnn3C3CCCC3)N3CCCC3)cc2c1. The molecule has 0 amide bonds. The van der Waals surface area contributed by atoms with E-state index in [0.29, 0.717) is 6.04 Å². The van der Waals surface area contributed by atoms with Crippen molar-refractivity contribution in [3.63, 3.8) is 0 Å². The predicted octanol–water partition coefficient (Wildman–Crippen LogP) is 3.38. The topological polar surface area (TPSA) is 79.7 Å². The van der Waals surface area contributed by atoms with E-state index in [1.165, 1.54) is 18.4 Å². The van der Waals surface area contributed by atoms with E-state index in [1.807, 2.05) is 10.7 Å². The Morgan fingerprint density at radius 2 is 1.93 bits per heavy atom. The van der Waals surface area contributed by atoms with Crippen LogP contribution in [0.5, 0.6) is 0 Å². The van der Waals surface area contributed by atoms with Gasteiger partial charge in [0.05, 0.1) is 6.04 Å². The van der Waals surface area contributed by atoms with Crippen molar-refractivity contribution in [3.05, 3.63) is 51.6 Å². The predicted molar refractivity (Wildman–Crippen MR) is 112 cm³/mol. The van der Waals surface area contributed by atoms with Gasteiger partial charge in [0.25, 0.3) is 5.56 Å². The molecular formula is C22H28N6O. The summed E-state index contributed by atoms with van der Waals surface area (Å²) in [5.41, 5.74) is 2.86. The van der Waals surface area contributed by atoms with E-state index >= 15 is 0 Å². The molecule has 0 radical (unpaired) electrons. The normalized spacial score (nSPS) is 19.3. The molecule has 3 heterocycles. The van der Waals surface area contributed by atoms with Crippen LogP contribution in [0.2, 0.25) is 0 Å². The molecule has 1 aromatic carbocycles. The highest BCUT2D eigenvalue weighted by Crippen LogP contribution is 2.35. The molecule has 0 bridgehead atoms. The first-order valence-electron chi connectivity index (χ1n) is 10.9. The average Bonchev–Trinajstić information content (AvgIpc) is 3.50. The van der Waals surface area contributed by atoms with E-state index in [-0.39, 0.29) is 11.6 Å². The van der Waals surface area contributed by atoms with Gasteiger partial charge in [0.15, 0.2) is 5.82 Å². The lowest BCUT2D eigenvalue weighted by Crippen LogP contribution is -2.33. The number of likely N-dealkylation sites (tertiary alicyclic amines) is 1. The summed E-state index contributed by atoms with van der Waals surface area (Å²) in [5.74, 6) is 0.815. The molecule has 2 aromatic heterocycles. The minimum absolute atomic E-state index is 0.0420. The number of rotatable bonds is 5. The summed E-state index contributed by atoms with van der Waals surface area (Å²) in [5, 5.41) is 13.9. The summed E-state index contributed by atoms with van der Waals surface area (Å²) in [4.78, 5) is 18.6. The van der Waals surface area contributed by atoms with Gasteiger partial charge in [-0.1, -0.05) is 25.8 Å². The van der Waals surface area contributed by atoms with Crippen LogP contribution in [0.4, 0.5) is 0 Å². The number of hydrogen-bond donors (Lipinski definition) is 1. The lowest BCUT2D eigenvalue weighted by atomic mass is 10.0. The molecule has 2 aliphatic rings. The Balaban J connectivity index is 1.65. The van der Waals surface area contributed by atoms with Crippen molar-refractivity contribution >= 4 is 10.9 Å². The third-order valence-electron chi connectivity index (χ3n) is 6.58. The van der Waals surface area contributed by atoms with Crippen molar-refractivity contribution in [3.8, 4) is 0 Å². The third-order valence-corrected chi connectivity index (χ3v) is 6.58. The molecule has 1 aliphatic heterocycles. The monoisotopic (exact) mass is 392 g/mol. The summed E-state index contributed by atoms with van der Waals surface area (Å²) < 4.78 is 2.00. The van der Waals surface area contributed by atoms with Crippen LogP contribution < -0.4 is 5.56 Å². The van der Waals surface area contributed by atoms with Gasteiger partial charge in [-0.05, 0) is 84.8 Å². The van der Waals surface area contributed by atoms with Crippen molar-refractivity contribution in [2.45, 2.75) is 64.0 Å². The number of fused-ring (bicyclic) bond motifs is 1. The summed E-state index contributed by atoms with van der Waals surface area (Å²) in [7, 11) is 0. The van der Waals surface area contributed by atoms with Crippen LogP contribution in [-0.2, 0) is 6.42 Å². The third kappa shape index (κ3) is 3.37. The molecule has 29 heavy (non-hydrogen) atoms. The second-order valence-electron chi connectivity index (χ2n) is 8.39. The molecule has 7 nitrogen and oxygen atoms in total. The van der Waals surface area contributed by atoms with Crippen LogP contribution in [0.15, 0.2) is 29.1 Å². The zero-order valence-corrected chi connectivity index (χ0v) is 17.0. The number of aromatic nitrogens is 5. The first kappa shape index (κ1) is 18.5. The molecule has 1 saturated carbocycles. The van der Waals surface area contributed by atoms with E-state index in [9.17, 15) is 4.79 Å². The molecule has 1 atom stereocenters. The zero-order chi connectivity index (χ0) is 19.8. The van der Waals surface area contributed by atoms with Crippen molar-refractivity contribution in [1.82, 2.24) is 30.1 Å². The van der Waals surface area contributed by atoms with Gasteiger partial charge in [-0.3, -0.25) is 9.69 Å². The second kappa shape index (κ2) is 7.71. The molecule has 152 valence electrons. The van der Waals surface area contributed by atoms with E-state index < -0.39 is 0 Å². The highest BCUT2D eigenvalue weighted by Gasteiger charge is 2.34. The first-order valence-corrected chi connectivity index (χ1v) is 10.9. The number of nitrogens with zero attached hydrogens (tertiary/aromatic N) is 5. The van der Waals surface area contributed by atoms with Crippen LogP contribution in [0.1, 0.15) is 74.5 Å². The summed E-state index contributed by atoms with van der Waals surface area (Å²) >= 11 is 0. The lowest BCUT2D eigenvalue weighted by Gasteiger charge is -2.27. The van der Waals surface area contributed by atoms with E-state index in [1.54, 1.807) is 0 Å². The standard InChI is InChI=1S/C22H28N6O/c1-2-15-9-10-19-16(13-15)14-18(22(29)23-19)20(27-11-5-6-12-27)21-24-25-26-28(21)17-7-3-4-8-17/h9-10,13-14,17,20H,2-8,11-12H2,1H3,(H,23,29). The molecule has 1 aliphatic carbocycles. The minimum Gasteiger partial charge on any atom is -0.322 e. The van der Waals surface area contributed by atoms with Crippen LogP contribution in [0.3, 0.4) is 0 Å². The van der Waals surface area contributed by atoms with Crippen molar-refractivity contribution in [1.29, 1.82) is 0 Å². The Bertz CT molecular complexity index is 1060. The molecule has 1 N–H and O–H groups in total. The zero-order valence-electron chi connectivity index (χ0n) is 17.0. The number of benzene rings is 1. The summed E-state index contributed by atoms with van der Waals surface area (Å²) in [6, 6.07) is 8.46. The van der Waals surface area contributed by atoms with Gasteiger partial charge in [-0.15, -0.1) is 5.10 Å². The maximum absolute atomic E-state index is 13.2. The highest BCUT2D eigenvalue weighted by molar-refractivity contribution is 5.80. The number of aromatic amines is 1. The minimum atomic E-state index is -0.202. The maximum atomic E-state index is 13.2. The molecule has 3 aromatic rings. The van der Waals surface area contributed by atoms with Gasteiger partial charge in [-0.25, -0.2) is 4.68 Å². The number of nitrogens with one attached hydrogen (secondary N) is 1. The molecular weight excluding hydrogens is 364 g/mol. The average molecular weight is 393 g/mol. The fourth-order valence-electron chi connectivity index (χ4n) is 4.98. The Hall–Kier alpha value is -2.54. The Labute approximate surface area is 170 Å². The van der Waals surface area contributed by atoms with Crippen LogP contribution in [0, 0.1) is 0 Å². The molecule has 0 spiro atoms. The van der Waals surface area contributed by atoms with E-state index in [2.05, 4.69) is 50.5 Å². The number of aryl methyl sites for hydroxylation is 1. The van der Waals surface area contributed by atoms with Gasteiger partial charge < -0.3 is 4.98 Å². The summed E-state index contributed by atoms with van der Waals surface area (Å²) in [6.07, 6.45) is 7.92. The number of H-pyrrole nitrogens is 1. The van der Waals surface area contributed by atoms with Gasteiger partial charge >= 0.3 is 0 Å². The Kier molecular flexibility index (Phi) is 4.91. The van der Waals surface area contributed by atoms with Crippen LogP contribution in [-0.4, -0.2) is 43.2 Å². The van der Waals surface area contributed by atoms with Crippen molar-refractivity contribution < 1.29 is 0 Å². The van der Waals surface area contributed by atoms with Gasteiger partial charge in [0.2, 0.25) is 0 Å². The first-order chi connectivity index (χ1) is 14.2. The van der Waals surface area contributed by atoms with Crippen LogP contribution >= 0.6 is 0 Å². The maximum Gasteiger partial charge on any atom is 0.253 e. The van der Waals surface area contributed by atoms with Gasteiger partial charge in [0, 0.05) is 11.1 Å². The largest absolute Gasteiger partial charge is 0.322 e. The van der Waals surface area contributed by atoms with Gasteiger partial charge in [0.1, 0.15) is 6.04 Å².